The highest BCUT2D eigenvalue weighted by Gasteiger charge is 2.22. The third kappa shape index (κ3) is 5.74. The molecule has 11 nitrogen and oxygen atoms in total. The lowest BCUT2D eigenvalue weighted by atomic mass is 10.2. The predicted molar refractivity (Wildman–Crippen MR) is 108 cm³/mol. The van der Waals surface area contributed by atoms with Gasteiger partial charge in [0.1, 0.15) is 0 Å². The third-order valence-electron chi connectivity index (χ3n) is 3.72. The first-order valence-corrected chi connectivity index (χ1v) is 9.03. The quantitative estimate of drug-likeness (QED) is 0.354. The van der Waals surface area contributed by atoms with Gasteiger partial charge < -0.3 is 9.47 Å². The Hall–Kier alpha value is -4.02. The number of hydrazone groups is 1. The van der Waals surface area contributed by atoms with Crippen molar-refractivity contribution in [1.29, 1.82) is 0 Å². The second kappa shape index (κ2) is 10.5. The average Bonchev–Trinajstić information content (AvgIpc) is 2.72. The van der Waals surface area contributed by atoms with E-state index in [-0.39, 0.29) is 35.0 Å². The number of hydrogen-bond acceptors (Lipinski definition) is 8. The van der Waals surface area contributed by atoms with Crippen LogP contribution in [-0.2, 0) is 0 Å². The van der Waals surface area contributed by atoms with Crippen molar-refractivity contribution in [1.82, 2.24) is 5.43 Å². The van der Waals surface area contributed by atoms with Gasteiger partial charge in [0.15, 0.2) is 5.75 Å². The van der Waals surface area contributed by atoms with E-state index in [1.54, 1.807) is 6.92 Å². The number of non-ortho nitro benzene ring substituents is 1. The molecular weight excluding hydrogens is 396 g/mol. The van der Waals surface area contributed by atoms with Gasteiger partial charge in [-0.3, -0.25) is 25.0 Å². The van der Waals surface area contributed by atoms with Crippen LogP contribution >= 0.6 is 0 Å². The molecule has 0 unspecified atom stereocenters. The molecule has 0 aliphatic carbocycles. The van der Waals surface area contributed by atoms with Gasteiger partial charge in [-0.1, -0.05) is 6.92 Å². The van der Waals surface area contributed by atoms with Gasteiger partial charge in [-0.25, -0.2) is 5.43 Å². The van der Waals surface area contributed by atoms with Crippen LogP contribution in [-0.4, -0.2) is 35.2 Å². The second-order valence-electron chi connectivity index (χ2n) is 5.91. The van der Waals surface area contributed by atoms with Crippen molar-refractivity contribution in [3.8, 4) is 11.5 Å². The van der Waals surface area contributed by atoms with Crippen molar-refractivity contribution in [2.45, 2.75) is 20.3 Å². The summed E-state index contributed by atoms with van der Waals surface area (Å²) in [4.78, 5) is 33.0. The molecule has 0 heterocycles. The van der Waals surface area contributed by atoms with Crippen molar-refractivity contribution < 1.29 is 24.1 Å². The Morgan fingerprint density at radius 3 is 2.37 bits per heavy atom. The van der Waals surface area contributed by atoms with Gasteiger partial charge in [0.25, 0.3) is 11.6 Å². The van der Waals surface area contributed by atoms with Gasteiger partial charge in [0.2, 0.25) is 5.75 Å². The molecule has 1 amide bonds. The summed E-state index contributed by atoms with van der Waals surface area (Å²) >= 11 is 0. The molecule has 0 aromatic heterocycles. The molecule has 158 valence electrons. The standard InChI is InChI=1S/C19H20N4O7/c1-3-9-30-18-16(23(27)28)10-13(11-17(18)29-4-2)12-20-21-19(24)14-5-7-15(8-6-14)22(25)26/h5-8,10-12H,3-4,9H2,1-2H3,(H,21,24)/b20-12+. The van der Waals surface area contributed by atoms with E-state index in [0.29, 0.717) is 18.6 Å². The Morgan fingerprint density at radius 2 is 1.80 bits per heavy atom. The van der Waals surface area contributed by atoms with Gasteiger partial charge in [-0.2, -0.15) is 5.10 Å². The number of carbonyl (C=O) groups excluding carboxylic acids is 1. The van der Waals surface area contributed by atoms with E-state index in [0.717, 1.165) is 0 Å². The molecule has 2 aromatic carbocycles. The highest BCUT2D eigenvalue weighted by molar-refractivity contribution is 5.95. The molecule has 2 rings (SSSR count). The van der Waals surface area contributed by atoms with E-state index in [1.807, 2.05) is 6.92 Å². The number of nitro groups is 2. The molecule has 0 radical (unpaired) electrons. The van der Waals surface area contributed by atoms with Gasteiger partial charge in [0, 0.05) is 29.3 Å². The Labute approximate surface area is 171 Å². The summed E-state index contributed by atoms with van der Waals surface area (Å²) in [5, 5.41) is 25.9. The molecule has 0 fully saturated rings. The first kappa shape index (κ1) is 22.3. The molecular formula is C19H20N4O7. The van der Waals surface area contributed by atoms with Crippen molar-refractivity contribution in [3.63, 3.8) is 0 Å². The molecule has 2 aromatic rings. The number of nitrogens with one attached hydrogen (secondary N) is 1. The normalized spacial score (nSPS) is 10.6. The summed E-state index contributed by atoms with van der Waals surface area (Å²) < 4.78 is 10.9. The minimum absolute atomic E-state index is 0.0377. The van der Waals surface area contributed by atoms with Crippen LogP contribution in [0.4, 0.5) is 11.4 Å². The van der Waals surface area contributed by atoms with Crippen molar-refractivity contribution >= 4 is 23.5 Å². The van der Waals surface area contributed by atoms with Crippen LogP contribution < -0.4 is 14.9 Å². The maximum Gasteiger partial charge on any atom is 0.315 e. The summed E-state index contributed by atoms with van der Waals surface area (Å²) in [6.07, 6.45) is 1.89. The summed E-state index contributed by atoms with van der Waals surface area (Å²) in [6.45, 7) is 4.18. The zero-order valence-corrected chi connectivity index (χ0v) is 16.4. The summed E-state index contributed by atoms with van der Waals surface area (Å²) in [7, 11) is 0. The monoisotopic (exact) mass is 416 g/mol. The molecule has 0 saturated heterocycles. The van der Waals surface area contributed by atoms with Crippen LogP contribution in [0.1, 0.15) is 36.2 Å². The Morgan fingerprint density at radius 1 is 1.10 bits per heavy atom. The number of benzene rings is 2. The number of hydrogen-bond donors (Lipinski definition) is 1. The van der Waals surface area contributed by atoms with Crippen LogP contribution in [0, 0.1) is 20.2 Å². The molecule has 0 aliphatic heterocycles. The minimum atomic E-state index is -0.594. The fourth-order valence-corrected chi connectivity index (χ4v) is 2.39. The number of nitro benzene ring substituents is 2. The van der Waals surface area contributed by atoms with E-state index in [4.69, 9.17) is 9.47 Å². The van der Waals surface area contributed by atoms with Crippen LogP contribution in [0.2, 0.25) is 0 Å². The molecule has 0 bridgehead atoms. The van der Waals surface area contributed by atoms with Gasteiger partial charge in [-0.15, -0.1) is 0 Å². The zero-order valence-electron chi connectivity index (χ0n) is 16.4. The summed E-state index contributed by atoms with van der Waals surface area (Å²) in [5.74, 6) is -0.359. The Balaban J connectivity index is 2.21. The number of nitrogens with zero attached hydrogens (tertiary/aromatic N) is 3. The molecule has 11 heteroatoms. The maximum absolute atomic E-state index is 12.1. The molecule has 30 heavy (non-hydrogen) atoms. The van der Waals surface area contributed by atoms with E-state index in [9.17, 15) is 25.0 Å². The van der Waals surface area contributed by atoms with Crippen molar-refractivity contribution in [2.75, 3.05) is 13.2 Å². The molecule has 1 N–H and O–H groups in total. The van der Waals surface area contributed by atoms with Gasteiger partial charge >= 0.3 is 5.69 Å². The first-order chi connectivity index (χ1) is 14.4. The topological polar surface area (TPSA) is 146 Å². The van der Waals surface area contributed by atoms with Crippen molar-refractivity contribution in [2.24, 2.45) is 5.10 Å². The Kier molecular flexibility index (Phi) is 7.80. The lowest BCUT2D eigenvalue weighted by molar-refractivity contribution is -0.386. The molecule has 0 aliphatic rings. The number of carbonyl (C=O) groups is 1. The van der Waals surface area contributed by atoms with Crippen LogP contribution in [0.3, 0.4) is 0 Å². The van der Waals surface area contributed by atoms with E-state index in [2.05, 4.69) is 10.5 Å². The predicted octanol–water partition coefficient (Wildman–Crippen LogP) is 3.45. The number of rotatable bonds is 10. The smallest absolute Gasteiger partial charge is 0.315 e. The molecule has 0 atom stereocenters. The van der Waals surface area contributed by atoms with Crippen molar-refractivity contribution in [3.05, 3.63) is 67.8 Å². The lowest BCUT2D eigenvalue weighted by Gasteiger charge is -2.12. The lowest BCUT2D eigenvalue weighted by Crippen LogP contribution is -2.17. The number of amides is 1. The highest BCUT2D eigenvalue weighted by atomic mass is 16.6. The van der Waals surface area contributed by atoms with E-state index < -0.39 is 15.8 Å². The SMILES string of the molecule is CCCOc1c(OCC)cc(/C=N/NC(=O)c2ccc([N+](=O)[O-])cc2)cc1[N+](=O)[O-]. The molecule has 0 saturated carbocycles. The summed E-state index contributed by atoms with van der Waals surface area (Å²) in [6, 6.07) is 7.76. The number of ether oxygens (including phenoxy) is 2. The maximum atomic E-state index is 12.1. The largest absolute Gasteiger partial charge is 0.490 e. The fourth-order valence-electron chi connectivity index (χ4n) is 2.39. The summed E-state index contributed by atoms with van der Waals surface area (Å²) in [5.41, 5.74) is 2.33. The van der Waals surface area contributed by atoms with Crippen LogP contribution in [0.25, 0.3) is 0 Å². The Bertz CT molecular complexity index is 958. The van der Waals surface area contributed by atoms with E-state index in [1.165, 1.54) is 42.6 Å². The average molecular weight is 416 g/mol. The fraction of sp³-hybridized carbons (Fsp3) is 0.263. The molecule has 0 spiro atoms. The highest BCUT2D eigenvalue weighted by Crippen LogP contribution is 2.38. The minimum Gasteiger partial charge on any atom is -0.490 e. The zero-order chi connectivity index (χ0) is 22.1. The van der Waals surface area contributed by atoms with Crippen LogP contribution in [0.15, 0.2) is 41.5 Å². The second-order valence-corrected chi connectivity index (χ2v) is 5.91. The first-order valence-electron chi connectivity index (χ1n) is 9.03. The van der Waals surface area contributed by atoms with E-state index >= 15 is 0 Å². The van der Waals surface area contributed by atoms with Crippen LogP contribution in [0.5, 0.6) is 11.5 Å². The third-order valence-corrected chi connectivity index (χ3v) is 3.72. The van der Waals surface area contributed by atoms with Gasteiger partial charge in [0.05, 0.1) is 29.3 Å². The van der Waals surface area contributed by atoms with Gasteiger partial charge in [-0.05, 0) is 31.5 Å².